The Morgan fingerprint density at radius 3 is 2.87 bits per heavy atom. The highest BCUT2D eigenvalue weighted by atomic mass is 79.9. The van der Waals surface area contributed by atoms with Gasteiger partial charge in [-0.15, -0.1) is 0 Å². The van der Waals surface area contributed by atoms with Gasteiger partial charge in [0.15, 0.2) is 0 Å². The second-order valence-corrected chi connectivity index (χ2v) is 4.96. The molecule has 0 aromatic heterocycles. The van der Waals surface area contributed by atoms with Crippen LogP contribution in [0.1, 0.15) is 15.9 Å². The van der Waals surface area contributed by atoms with E-state index in [0.29, 0.717) is 6.04 Å². The van der Waals surface area contributed by atoms with E-state index in [1.54, 1.807) is 0 Å². The van der Waals surface area contributed by atoms with Crippen molar-refractivity contribution in [3.05, 3.63) is 33.8 Å². The van der Waals surface area contributed by atoms with Crippen molar-refractivity contribution in [2.24, 2.45) is 0 Å². The van der Waals surface area contributed by atoms with E-state index in [4.69, 9.17) is 0 Å². The molecule has 0 radical (unpaired) electrons. The van der Waals surface area contributed by atoms with E-state index in [0.717, 1.165) is 35.2 Å². The molecule has 1 fully saturated rings. The van der Waals surface area contributed by atoms with E-state index in [1.807, 2.05) is 23.1 Å². The molecule has 0 saturated carbocycles. The molecule has 1 N–H and O–H groups in total. The highest BCUT2D eigenvalue weighted by Gasteiger charge is 2.35. The van der Waals surface area contributed by atoms with Crippen LogP contribution in [0.2, 0.25) is 0 Å². The molecule has 0 aliphatic carbocycles. The zero-order valence-electron chi connectivity index (χ0n) is 8.16. The van der Waals surface area contributed by atoms with Gasteiger partial charge in [-0.1, -0.05) is 22.0 Å². The number of amides is 1. The molecule has 3 rings (SSSR count). The third kappa shape index (κ3) is 1.40. The van der Waals surface area contributed by atoms with Crippen molar-refractivity contribution in [1.82, 2.24) is 10.2 Å². The highest BCUT2D eigenvalue weighted by molar-refractivity contribution is 9.10. The molecule has 2 heterocycles. The van der Waals surface area contributed by atoms with Gasteiger partial charge in [0.2, 0.25) is 0 Å². The Bertz CT molecular complexity index is 429. The van der Waals surface area contributed by atoms with Gasteiger partial charge in [0, 0.05) is 29.7 Å². The largest absolute Gasteiger partial charge is 0.329 e. The summed E-state index contributed by atoms with van der Waals surface area (Å²) >= 11 is 3.40. The second kappa shape index (κ2) is 3.32. The fourth-order valence-electron chi connectivity index (χ4n) is 2.08. The Hall–Kier alpha value is -0.870. The SMILES string of the molecule is O=C1c2cc(Br)ccc2CN1C1CNC1. The fraction of sp³-hybridized carbons (Fsp3) is 0.364. The molecule has 2 aliphatic heterocycles. The van der Waals surface area contributed by atoms with Crippen LogP contribution in [-0.2, 0) is 6.54 Å². The molecule has 0 bridgehead atoms. The summed E-state index contributed by atoms with van der Waals surface area (Å²) in [7, 11) is 0. The monoisotopic (exact) mass is 266 g/mol. The van der Waals surface area contributed by atoms with Crippen LogP contribution in [0.25, 0.3) is 0 Å². The van der Waals surface area contributed by atoms with Gasteiger partial charge in [-0.3, -0.25) is 4.79 Å². The molecule has 3 nitrogen and oxygen atoms in total. The second-order valence-electron chi connectivity index (χ2n) is 4.05. The van der Waals surface area contributed by atoms with E-state index < -0.39 is 0 Å². The van der Waals surface area contributed by atoms with Gasteiger partial charge in [0.25, 0.3) is 5.91 Å². The molecule has 1 aromatic rings. The third-order valence-electron chi connectivity index (χ3n) is 3.10. The molecule has 78 valence electrons. The van der Waals surface area contributed by atoms with Gasteiger partial charge < -0.3 is 10.2 Å². The summed E-state index contributed by atoms with van der Waals surface area (Å²) in [6.45, 7) is 2.63. The topological polar surface area (TPSA) is 32.3 Å². The molecule has 0 unspecified atom stereocenters. The molecule has 0 atom stereocenters. The minimum absolute atomic E-state index is 0.179. The quantitative estimate of drug-likeness (QED) is 0.833. The average molecular weight is 267 g/mol. The van der Waals surface area contributed by atoms with Crippen molar-refractivity contribution in [2.45, 2.75) is 12.6 Å². The maximum Gasteiger partial charge on any atom is 0.254 e. The number of hydrogen-bond acceptors (Lipinski definition) is 2. The summed E-state index contributed by atoms with van der Waals surface area (Å²) < 4.78 is 0.975. The van der Waals surface area contributed by atoms with E-state index in [1.165, 1.54) is 0 Å². The van der Waals surface area contributed by atoms with Gasteiger partial charge >= 0.3 is 0 Å². The Balaban J connectivity index is 1.94. The lowest BCUT2D eigenvalue weighted by atomic mass is 10.1. The van der Waals surface area contributed by atoms with Crippen LogP contribution in [-0.4, -0.2) is 29.9 Å². The number of hydrogen-bond donors (Lipinski definition) is 1. The van der Waals surface area contributed by atoms with E-state index in [9.17, 15) is 4.79 Å². The van der Waals surface area contributed by atoms with Crippen molar-refractivity contribution in [3.63, 3.8) is 0 Å². The smallest absolute Gasteiger partial charge is 0.254 e. The molecule has 4 heteroatoms. The number of benzene rings is 1. The number of nitrogens with one attached hydrogen (secondary N) is 1. The first kappa shape index (κ1) is 9.36. The number of rotatable bonds is 1. The van der Waals surface area contributed by atoms with Crippen LogP contribution in [0.15, 0.2) is 22.7 Å². The first-order valence-electron chi connectivity index (χ1n) is 5.06. The Kier molecular flexibility index (Phi) is 2.07. The normalized spacial score (nSPS) is 20.3. The minimum atomic E-state index is 0.179. The van der Waals surface area contributed by atoms with Gasteiger partial charge in [-0.05, 0) is 17.7 Å². The number of carbonyl (C=O) groups is 1. The lowest BCUT2D eigenvalue weighted by Gasteiger charge is -2.35. The van der Waals surface area contributed by atoms with Gasteiger partial charge in [0.05, 0.1) is 6.04 Å². The molecule has 0 spiro atoms. The Labute approximate surface area is 96.6 Å². The zero-order valence-corrected chi connectivity index (χ0v) is 9.75. The number of nitrogens with zero attached hydrogens (tertiary/aromatic N) is 1. The van der Waals surface area contributed by atoms with Crippen molar-refractivity contribution in [1.29, 1.82) is 0 Å². The summed E-state index contributed by atoms with van der Waals surface area (Å²) in [4.78, 5) is 14.0. The predicted octanol–water partition coefficient (Wildman–Crippen LogP) is 1.38. The number of carbonyl (C=O) groups excluding carboxylic acids is 1. The van der Waals surface area contributed by atoms with E-state index in [-0.39, 0.29) is 5.91 Å². The summed E-state index contributed by atoms with van der Waals surface area (Å²) in [6, 6.07) is 6.34. The fourth-order valence-corrected chi connectivity index (χ4v) is 2.45. The van der Waals surface area contributed by atoms with Crippen LogP contribution >= 0.6 is 15.9 Å². The lowest BCUT2D eigenvalue weighted by molar-refractivity contribution is 0.0642. The average Bonchev–Trinajstić information content (AvgIpc) is 2.43. The molecule has 1 amide bonds. The van der Waals surface area contributed by atoms with Gasteiger partial charge in [-0.2, -0.15) is 0 Å². The summed E-state index contributed by atoms with van der Waals surface area (Å²) in [5.74, 6) is 0.179. The van der Waals surface area contributed by atoms with Crippen LogP contribution < -0.4 is 5.32 Å². The Morgan fingerprint density at radius 1 is 1.40 bits per heavy atom. The first-order valence-corrected chi connectivity index (χ1v) is 5.85. The maximum absolute atomic E-state index is 12.1. The van der Waals surface area contributed by atoms with Gasteiger partial charge in [0.1, 0.15) is 0 Å². The van der Waals surface area contributed by atoms with E-state index >= 15 is 0 Å². The van der Waals surface area contributed by atoms with Crippen molar-refractivity contribution >= 4 is 21.8 Å². The summed E-state index contributed by atoms with van der Waals surface area (Å²) in [5.41, 5.74) is 2.01. The molecular formula is C11H11BrN2O. The third-order valence-corrected chi connectivity index (χ3v) is 3.60. The summed E-state index contributed by atoms with van der Waals surface area (Å²) in [5, 5.41) is 3.19. The van der Waals surface area contributed by atoms with Crippen molar-refractivity contribution < 1.29 is 4.79 Å². The van der Waals surface area contributed by atoms with Gasteiger partial charge in [-0.25, -0.2) is 0 Å². The molecular weight excluding hydrogens is 256 g/mol. The van der Waals surface area contributed by atoms with Crippen LogP contribution in [0, 0.1) is 0 Å². The van der Waals surface area contributed by atoms with E-state index in [2.05, 4.69) is 21.2 Å². The van der Waals surface area contributed by atoms with Crippen LogP contribution in [0.5, 0.6) is 0 Å². The lowest BCUT2D eigenvalue weighted by Crippen LogP contribution is -2.57. The zero-order chi connectivity index (χ0) is 10.4. The molecule has 15 heavy (non-hydrogen) atoms. The number of fused-ring (bicyclic) bond motifs is 1. The van der Waals surface area contributed by atoms with Crippen molar-refractivity contribution in [3.8, 4) is 0 Å². The van der Waals surface area contributed by atoms with Crippen LogP contribution in [0.3, 0.4) is 0 Å². The Morgan fingerprint density at radius 2 is 2.20 bits per heavy atom. The molecule has 1 aromatic carbocycles. The van der Waals surface area contributed by atoms with Crippen molar-refractivity contribution in [2.75, 3.05) is 13.1 Å². The summed E-state index contributed by atoms with van der Waals surface area (Å²) in [6.07, 6.45) is 0. The first-order chi connectivity index (χ1) is 7.25. The molecule has 2 aliphatic rings. The molecule has 1 saturated heterocycles. The van der Waals surface area contributed by atoms with Crippen LogP contribution in [0.4, 0.5) is 0 Å². The maximum atomic E-state index is 12.1. The number of halogens is 1. The minimum Gasteiger partial charge on any atom is -0.329 e. The predicted molar refractivity (Wildman–Crippen MR) is 60.7 cm³/mol. The standard InChI is InChI=1S/C11H11BrN2O/c12-8-2-1-7-6-14(9-4-13-5-9)11(15)10(7)3-8/h1-3,9,13H,4-6H2. The highest BCUT2D eigenvalue weighted by Crippen LogP contribution is 2.28.